The van der Waals surface area contributed by atoms with Crippen LogP contribution in [-0.2, 0) is 0 Å². The first-order valence-corrected chi connectivity index (χ1v) is 21.0. The van der Waals surface area contributed by atoms with Gasteiger partial charge in [-0.1, -0.05) is 168 Å². The molecule has 0 aliphatic carbocycles. The van der Waals surface area contributed by atoms with Crippen LogP contribution in [0.5, 0.6) is 0 Å². The van der Waals surface area contributed by atoms with Gasteiger partial charge in [-0.15, -0.1) is 0 Å². The predicted molar refractivity (Wildman–Crippen MR) is 257 cm³/mol. The van der Waals surface area contributed by atoms with Crippen LogP contribution in [0.1, 0.15) is 27.8 Å². The summed E-state index contributed by atoms with van der Waals surface area (Å²) in [6, 6.07) is 66.4. The number of nitrogens with zero attached hydrogens (tertiary/aromatic N) is 4. The Morgan fingerprint density at radius 3 is 1.34 bits per heavy atom. The number of rotatable bonds is 7. The van der Waals surface area contributed by atoms with Crippen molar-refractivity contribution in [3.05, 3.63) is 210 Å². The van der Waals surface area contributed by atoms with E-state index in [-0.39, 0.29) is 0 Å². The third-order valence-corrected chi connectivity index (χ3v) is 11.7. The van der Waals surface area contributed by atoms with E-state index in [0.717, 1.165) is 83.5 Å². The molecule has 0 N–H and O–H groups in total. The van der Waals surface area contributed by atoms with Crippen molar-refractivity contribution in [3.63, 3.8) is 0 Å². The molecule has 4 nitrogen and oxygen atoms in total. The van der Waals surface area contributed by atoms with Crippen molar-refractivity contribution in [1.82, 2.24) is 15.0 Å². The van der Waals surface area contributed by atoms with Crippen molar-refractivity contribution in [2.45, 2.75) is 27.7 Å². The largest absolute Gasteiger partial charge is 0.208 e. The summed E-state index contributed by atoms with van der Waals surface area (Å²) >= 11 is 0. The Morgan fingerprint density at radius 2 is 0.758 bits per heavy atom. The second-order valence-electron chi connectivity index (χ2n) is 16.3. The number of benzene rings is 9. The van der Waals surface area contributed by atoms with E-state index < -0.39 is 0 Å². The molecule has 1 heterocycles. The van der Waals surface area contributed by atoms with Crippen molar-refractivity contribution in [3.8, 4) is 84.7 Å². The molecule has 0 saturated carbocycles. The van der Waals surface area contributed by atoms with Crippen LogP contribution < -0.4 is 0 Å². The molecule has 9 aromatic carbocycles. The maximum absolute atomic E-state index is 11.0. The smallest absolute Gasteiger partial charge is 0.164 e. The van der Waals surface area contributed by atoms with Crippen LogP contribution in [0.4, 0.5) is 0 Å². The van der Waals surface area contributed by atoms with Crippen LogP contribution >= 0.6 is 0 Å². The summed E-state index contributed by atoms with van der Waals surface area (Å²) < 4.78 is 0. The number of hydrogen-bond acceptors (Lipinski definition) is 4. The minimum absolute atomic E-state index is 0.598. The summed E-state index contributed by atoms with van der Waals surface area (Å²) in [6.07, 6.45) is 0. The quantitative estimate of drug-likeness (QED) is 0.151. The van der Waals surface area contributed by atoms with E-state index >= 15 is 0 Å². The Balaban J connectivity index is 1.08. The molecule has 10 aromatic rings. The minimum atomic E-state index is 0.598. The highest BCUT2D eigenvalue weighted by atomic mass is 15.0. The number of nitriles is 1. The van der Waals surface area contributed by atoms with Crippen LogP contribution in [0, 0.1) is 39.0 Å². The molecule has 4 heteroatoms. The lowest BCUT2D eigenvalue weighted by Gasteiger charge is -2.17. The van der Waals surface area contributed by atoms with Gasteiger partial charge in [-0.25, -0.2) is 15.0 Å². The second kappa shape index (κ2) is 15.9. The first kappa shape index (κ1) is 38.2. The van der Waals surface area contributed by atoms with E-state index in [1.165, 1.54) is 21.5 Å². The molecular formula is C58H42N4. The van der Waals surface area contributed by atoms with Crippen molar-refractivity contribution in [2.24, 2.45) is 0 Å². The summed E-state index contributed by atoms with van der Waals surface area (Å²) in [5.74, 6) is 1.87. The van der Waals surface area contributed by atoms with Gasteiger partial charge in [0.1, 0.15) is 6.07 Å². The third-order valence-electron chi connectivity index (χ3n) is 11.7. The van der Waals surface area contributed by atoms with Gasteiger partial charge in [0, 0.05) is 27.8 Å². The molecule has 62 heavy (non-hydrogen) atoms. The molecule has 0 atom stereocenters. The summed E-state index contributed by atoms with van der Waals surface area (Å²) in [5, 5.41) is 15.9. The zero-order valence-electron chi connectivity index (χ0n) is 35.1. The predicted octanol–water partition coefficient (Wildman–Crippen LogP) is 15.0. The fraction of sp³-hybridized carbons (Fsp3) is 0.0690. The Kier molecular flexibility index (Phi) is 9.79. The van der Waals surface area contributed by atoms with Gasteiger partial charge in [0.2, 0.25) is 0 Å². The molecule has 0 unspecified atom stereocenters. The van der Waals surface area contributed by atoms with Gasteiger partial charge < -0.3 is 0 Å². The van der Waals surface area contributed by atoms with Crippen LogP contribution in [-0.4, -0.2) is 15.0 Å². The Labute approximate surface area is 362 Å². The molecule has 294 valence electrons. The van der Waals surface area contributed by atoms with Crippen LogP contribution in [0.3, 0.4) is 0 Å². The Morgan fingerprint density at radius 1 is 0.323 bits per heavy atom. The lowest BCUT2D eigenvalue weighted by molar-refractivity contribution is 1.07. The summed E-state index contributed by atoms with van der Waals surface area (Å²) in [5.41, 5.74) is 16.0. The molecule has 0 aliphatic heterocycles. The lowest BCUT2D eigenvalue weighted by atomic mass is 9.86. The first-order chi connectivity index (χ1) is 30.3. The highest BCUT2D eigenvalue weighted by molar-refractivity contribution is 6.09. The van der Waals surface area contributed by atoms with Crippen molar-refractivity contribution in [2.75, 3.05) is 0 Å². The fourth-order valence-corrected chi connectivity index (χ4v) is 9.04. The topological polar surface area (TPSA) is 62.5 Å². The Bertz CT molecular complexity index is 3320. The molecule has 0 amide bonds. The van der Waals surface area contributed by atoms with Crippen LogP contribution in [0.2, 0.25) is 0 Å². The van der Waals surface area contributed by atoms with Gasteiger partial charge in [-0.05, 0) is 119 Å². The van der Waals surface area contributed by atoms with Crippen LogP contribution in [0.25, 0.3) is 100 Å². The zero-order chi connectivity index (χ0) is 42.3. The van der Waals surface area contributed by atoms with E-state index in [0.29, 0.717) is 23.0 Å². The molecule has 10 rings (SSSR count). The lowest BCUT2D eigenvalue weighted by Crippen LogP contribution is -2.01. The molecule has 0 bridgehead atoms. The molecule has 0 fully saturated rings. The first-order valence-electron chi connectivity index (χ1n) is 21.0. The van der Waals surface area contributed by atoms with Crippen molar-refractivity contribution in [1.29, 1.82) is 5.26 Å². The van der Waals surface area contributed by atoms with Gasteiger partial charge >= 0.3 is 0 Å². The zero-order valence-corrected chi connectivity index (χ0v) is 35.1. The fourth-order valence-electron chi connectivity index (χ4n) is 9.04. The summed E-state index contributed by atoms with van der Waals surface area (Å²) in [6.45, 7) is 8.40. The summed E-state index contributed by atoms with van der Waals surface area (Å²) in [4.78, 5) is 15.3. The van der Waals surface area contributed by atoms with E-state index in [4.69, 9.17) is 15.0 Å². The maximum atomic E-state index is 11.0. The molecule has 0 spiro atoms. The van der Waals surface area contributed by atoms with E-state index in [1.54, 1.807) is 0 Å². The number of aromatic nitrogens is 3. The normalized spacial score (nSPS) is 11.2. The average Bonchev–Trinajstić information content (AvgIpc) is 3.30. The van der Waals surface area contributed by atoms with E-state index in [2.05, 4.69) is 210 Å². The van der Waals surface area contributed by atoms with E-state index in [9.17, 15) is 5.26 Å². The maximum Gasteiger partial charge on any atom is 0.164 e. The highest BCUT2D eigenvalue weighted by Crippen LogP contribution is 2.42. The highest BCUT2D eigenvalue weighted by Gasteiger charge is 2.19. The number of hydrogen-bond donors (Lipinski definition) is 0. The van der Waals surface area contributed by atoms with Crippen molar-refractivity contribution >= 4 is 21.5 Å². The third kappa shape index (κ3) is 7.21. The summed E-state index contributed by atoms with van der Waals surface area (Å²) in [7, 11) is 0. The molecular weight excluding hydrogens is 753 g/mol. The van der Waals surface area contributed by atoms with Gasteiger partial charge in [0.15, 0.2) is 17.5 Å². The standard InChI is InChI=1S/C58H42N4/c1-36-27-37(2)30-45(29-36)57-60-56(61-58(62-57)46-31-38(3)28-39(4)32-46)44-15-11-14-41(34-44)48-17-7-9-19-51(48)53-21-12-22-54(55(53)35-59)52-20-10-8-18-49(52)43-25-26-50-42(33-43)24-23-40-13-5-6-16-47(40)50/h5-34H,1-4H3. The van der Waals surface area contributed by atoms with E-state index in [1.807, 2.05) is 6.07 Å². The van der Waals surface area contributed by atoms with Gasteiger partial charge in [0.25, 0.3) is 0 Å². The molecule has 0 aliphatic rings. The van der Waals surface area contributed by atoms with Gasteiger partial charge in [-0.3, -0.25) is 0 Å². The molecule has 0 saturated heterocycles. The minimum Gasteiger partial charge on any atom is -0.208 e. The Hall–Kier alpha value is -8.00. The number of aryl methyl sites for hydroxylation is 4. The second-order valence-corrected chi connectivity index (χ2v) is 16.3. The van der Waals surface area contributed by atoms with Crippen molar-refractivity contribution < 1.29 is 0 Å². The number of fused-ring (bicyclic) bond motifs is 3. The SMILES string of the molecule is Cc1cc(C)cc(-c2nc(-c3cc(C)cc(C)c3)nc(-c3cccc(-c4ccccc4-c4cccc(-c5ccccc5-c5ccc6c(ccc7ccccc76)c5)c4C#N)c3)n2)c1. The van der Waals surface area contributed by atoms with Crippen LogP contribution in [0.15, 0.2) is 182 Å². The average molecular weight is 795 g/mol. The van der Waals surface area contributed by atoms with Gasteiger partial charge in [-0.2, -0.15) is 5.26 Å². The van der Waals surface area contributed by atoms with Gasteiger partial charge in [0.05, 0.1) is 5.56 Å². The molecule has 1 aromatic heterocycles. The molecule has 0 radical (unpaired) electrons. The monoisotopic (exact) mass is 794 g/mol.